The van der Waals surface area contributed by atoms with Gasteiger partial charge in [-0.3, -0.25) is 4.79 Å². The minimum atomic E-state index is -0.543. The second-order valence-corrected chi connectivity index (χ2v) is 11.5. The van der Waals surface area contributed by atoms with Gasteiger partial charge in [-0.05, 0) is 85.7 Å². The van der Waals surface area contributed by atoms with Crippen LogP contribution in [0.25, 0.3) is 11.1 Å². The Balaban J connectivity index is 1.53. The molecular formula is C31H32N2O4. The smallest absolute Gasteiger partial charge is 0.410 e. The van der Waals surface area contributed by atoms with Crippen molar-refractivity contribution in [1.29, 1.82) is 5.26 Å². The van der Waals surface area contributed by atoms with E-state index >= 15 is 0 Å². The van der Waals surface area contributed by atoms with E-state index in [1.807, 2.05) is 51.1 Å². The lowest BCUT2D eigenvalue weighted by molar-refractivity contribution is 0.0270. The molecule has 0 radical (unpaired) electrons. The number of benzene rings is 2. The molecule has 0 saturated carbocycles. The van der Waals surface area contributed by atoms with E-state index in [4.69, 9.17) is 9.47 Å². The van der Waals surface area contributed by atoms with Crippen molar-refractivity contribution in [3.63, 3.8) is 0 Å². The van der Waals surface area contributed by atoms with Gasteiger partial charge in [-0.1, -0.05) is 26.0 Å². The van der Waals surface area contributed by atoms with E-state index in [0.717, 1.165) is 44.7 Å². The van der Waals surface area contributed by atoms with Gasteiger partial charge in [0, 0.05) is 35.2 Å². The van der Waals surface area contributed by atoms with Crippen LogP contribution in [0.5, 0.6) is 5.75 Å². The number of ether oxygens (including phenoxy) is 2. The number of carbonyl (C=O) groups excluding carboxylic acids is 2. The molecule has 0 bridgehead atoms. The normalized spacial score (nSPS) is 17.9. The number of ketones is 1. The maximum atomic E-state index is 14.0. The van der Waals surface area contributed by atoms with Crippen molar-refractivity contribution < 1.29 is 19.1 Å². The van der Waals surface area contributed by atoms with Crippen LogP contribution in [0.4, 0.5) is 4.79 Å². The van der Waals surface area contributed by atoms with Crippen LogP contribution in [0.1, 0.15) is 79.2 Å². The SMILES string of the molecule is COc1cc2c(cc1C1=CCN(C(=O)OC(C)(C)C)CC1)C(=O)C1=C(Cc3cc(C#N)ccc31)C2(C)C. The second kappa shape index (κ2) is 8.62. The standard InChI is InChI=1S/C31H32N2O4/c1-30(2,3)37-29(35)33-11-9-19(10-12-33)22-15-23-24(16-26(22)36-6)31(4,5)25-14-20-13-18(17-32)7-8-21(20)27(25)28(23)34/h7-9,13,15-16H,10-12,14H2,1-6H3. The number of nitriles is 1. The van der Waals surface area contributed by atoms with Crippen LogP contribution in [-0.2, 0) is 16.6 Å². The van der Waals surface area contributed by atoms with Crippen LogP contribution in [0.15, 0.2) is 42.0 Å². The van der Waals surface area contributed by atoms with Crippen LogP contribution < -0.4 is 4.74 Å². The fourth-order valence-corrected chi connectivity index (χ4v) is 5.70. The summed E-state index contributed by atoms with van der Waals surface area (Å²) >= 11 is 0. The Labute approximate surface area is 218 Å². The van der Waals surface area contributed by atoms with Crippen molar-refractivity contribution in [3.05, 3.63) is 75.4 Å². The van der Waals surface area contributed by atoms with Gasteiger partial charge in [0.2, 0.25) is 0 Å². The average molecular weight is 497 g/mol. The number of nitrogens with zero attached hydrogens (tertiary/aromatic N) is 2. The summed E-state index contributed by atoms with van der Waals surface area (Å²) < 4.78 is 11.4. The van der Waals surface area contributed by atoms with E-state index in [9.17, 15) is 14.9 Å². The average Bonchev–Trinajstić information content (AvgIpc) is 3.26. The Morgan fingerprint density at radius 3 is 2.49 bits per heavy atom. The third kappa shape index (κ3) is 4.13. The number of rotatable bonds is 2. The molecule has 1 heterocycles. The van der Waals surface area contributed by atoms with Gasteiger partial charge in [-0.15, -0.1) is 0 Å². The van der Waals surface area contributed by atoms with Gasteiger partial charge in [0.25, 0.3) is 0 Å². The lowest BCUT2D eigenvalue weighted by Gasteiger charge is -2.35. The molecule has 6 heteroatoms. The molecule has 190 valence electrons. The number of methoxy groups -OCH3 is 1. The number of fused-ring (bicyclic) bond motifs is 3. The van der Waals surface area contributed by atoms with Crippen molar-refractivity contribution >= 4 is 23.0 Å². The molecule has 0 unspecified atom stereocenters. The maximum absolute atomic E-state index is 14.0. The summed E-state index contributed by atoms with van der Waals surface area (Å²) in [6, 6.07) is 11.8. The summed E-state index contributed by atoms with van der Waals surface area (Å²) in [7, 11) is 1.65. The third-order valence-corrected chi connectivity index (χ3v) is 7.62. The highest BCUT2D eigenvalue weighted by atomic mass is 16.6. The highest BCUT2D eigenvalue weighted by molar-refractivity contribution is 6.33. The molecule has 2 aliphatic carbocycles. The fourth-order valence-electron chi connectivity index (χ4n) is 5.70. The lowest BCUT2D eigenvalue weighted by atomic mass is 9.68. The molecule has 0 N–H and O–H groups in total. The van der Waals surface area contributed by atoms with Crippen LogP contribution in [0.2, 0.25) is 0 Å². The minimum Gasteiger partial charge on any atom is -0.496 e. The molecule has 0 aromatic heterocycles. The fraction of sp³-hybridized carbons (Fsp3) is 0.387. The lowest BCUT2D eigenvalue weighted by Crippen LogP contribution is -2.39. The first kappa shape index (κ1) is 24.8. The second-order valence-electron chi connectivity index (χ2n) is 11.5. The van der Waals surface area contributed by atoms with Crippen molar-refractivity contribution in [2.45, 2.75) is 58.5 Å². The Hall–Kier alpha value is -3.85. The Morgan fingerprint density at radius 1 is 1.11 bits per heavy atom. The predicted octanol–water partition coefficient (Wildman–Crippen LogP) is 6.07. The molecular weight excluding hydrogens is 464 g/mol. The summed E-state index contributed by atoms with van der Waals surface area (Å²) in [5.74, 6) is 0.742. The quantitative estimate of drug-likeness (QED) is 0.504. The van der Waals surface area contributed by atoms with Crippen molar-refractivity contribution in [1.82, 2.24) is 4.90 Å². The zero-order chi connectivity index (χ0) is 26.7. The molecule has 1 aliphatic heterocycles. The van der Waals surface area contributed by atoms with E-state index < -0.39 is 5.60 Å². The Bertz CT molecular complexity index is 1450. The van der Waals surface area contributed by atoms with E-state index in [-0.39, 0.29) is 17.3 Å². The summed E-state index contributed by atoms with van der Waals surface area (Å²) in [6.07, 6.45) is 3.00. The van der Waals surface area contributed by atoms with E-state index in [2.05, 4.69) is 19.9 Å². The highest BCUT2D eigenvalue weighted by Crippen LogP contribution is 2.51. The molecule has 1 amide bonds. The molecule has 6 nitrogen and oxygen atoms in total. The van der Waals surface area contributed by atoms with Gasteiger partial charge >= 0.3 is 6.09 Å². The number of hydrogen-bond donors (Lipinski definition) is 0. The molecule has 5 rings (SSSR count). The third-order valence-electron chi connectivity index (χ3n) is 7.62. The number of hydrogen-bond acceptors (Lipinski definition) is 5. The molecule has 0 saturated heterocycles. The summed E-state index contributed by atoms with van der Waals surface area (Å²) in [6.45, 7) is 10.9. The molecule has 0 fully saturated rings. The summed E-state index contributed by atoms with van der Waals surface area (Å²) in [4.78, 5) is 28.2. The van der Waals surface area contributed by atoms with Crippen molar-refractivity contribution in [3.8, 4) is 11.8 Å². The monoisotopic (exact) mass is 496 g/mol. The topological polar surface area (TPSA) is 79.6 Å². The van der Waals surface area contributed by atoms with Gasteiger partial charge in [0.15, 0.2) is 5.78 Å². The van der Waals surface area contributed by atoms with Gasteiger partial charge in [0.1, 0.15) is 11.4 Å². The van der Waals surface area contributed by atoms with Gasteiger partial charge < -0.3 is 14.4 Å². The molecule has 37 heavy (non-hydrogen) atoms. The molecule has 0 atom stereocenters. The van der Waals surface area contributed by atoms with E-state index in [0.29, 0.717) is 37.1 Å². The number of Topliss-reactive ketones (excluding diaryl/α,β-unsaturated/α-hetero) is 1. The molecule has 2 aromatic rings. The van der Waals surface area contributed by atoms with Crippen LogP contribution >= 0.6 is 0 Å². The molecule has 0 spiro atoms. The molecule has 3 aliphatic rings. The Kier molecular flexibility index (Phi) is 5.79. The largest absolute Gasteiger partial charge is 0.496 e. The van der Waals surface area contributed by atoms with E-state index in [1.165, 1.54) is 0 Å². The highest BCUT2D eigenvalue weighted by Gasteiger charge is 2.43. The maximum Gasteiger partial charge on any atom is 0.410 e. The molecule has 2 aromatic carbocycles. The minimum absolute atomic E-state index is 0.0171. The van der Waals surface area contributed by atoms with Crippen molar-refractivity contribution in [2.24, 2.45) is 0 Å². The predicted molar refractivity (Wildman–Crippen MR) is 143 cm³/mol. The van der Waals surface area contributed by atoms with E-state index in [1.54, 1.807) is 18.1 Å². The first-order valence-corrected chi connectivity index (χ1v) is 12.7. The van der Waals surface area contributed by atoms with Crippen molar-refractivity contribution in [2.75, 3.05) is 20.2 Å². The van der Waals surface area contributed by atoms with Gasteiger partial charge in [-0.25, -0.2) is 4.79 Å². The van der Waals surface area contributed by atoms with Gasteiger partial charge in [-0.2, -0.15) is 5.26 Å². The van der Waals surface area contributed by atoms with Crippen LogP contribution in [0, 0.1) is 11.3 Å². The van der Waals surface area contributed by atoms with Crippen LogP contribution in [0.3, 0.4) is 0 Å². The number of carbonyl (C=O) groups is 2. The summed E-state index contributed by atoms with van der Waals surface area (Å²) in [5.41, 5.74) is 7.09. The Morgan fingerprint density at radius 2 is 1.86 bits per heavy atom. The zero-order valence-electron chi connectivity index (χ0n) is 22.3. The number of amides is 1. The summed E-state index contributed by atoms with van der Waals surface area (Å²) in [5, 5.41) is 9.35. The van der Waals surface area contributed by atoms with Gasteiger partial charge in [0.05, 0.1) is 18.7 Å². The first-order chi connectivity index (χ1) is 17.4. The first-order valence-electron chi connectivity index (χ1n) is 12.7. The van der Waals surface area contributed by atoms with Crippen LogP contribution in [-0.4, -0.2) is 42.6 Å². The zero-order valence-corrected chi connectivity index (χ0v) is 22.3. The number of allylic oxidation sites excluding steroid dienone is 2.